The molecule has 30 heavy (non-hydrogen) atoms. The molecule has 0 radical (unpaired) electrons. The summed E-state index contributed by atoms with van der Waals surface area (Å²) in [5, 5.41) is 2.73. The number of anilines is 1. The summed E-state index contributed by atoms with van der Waals surface area (Å²) in [5.41, 5.74) is 1.27. The number of aryl methyl sites for hydroxylation is 1. The van der Waals surface area contributed by atoms with Crippen molar-refractivity contribution in [2.45, 2.75) is 37.2 Å². The van der Waals surface area contributed by atoms with E-state index >= 15 is 0 Å². The van der Waals surface area contributed by atoms with E-state index in [4.69, 9.17) is 0 Å². The molecule has 2 aromatic rings. The minimum Gasteiger partial charge on any atom is -0.325 e. The number of halogens is 2. The molecule has 0 atom stereocenters. The third-order valence-corrected chi connectivity index (χ3v) is 6.99. The predicted octanol–water partition coefficient (Wildman–Crippen LogP) is 3.13. The topological polar surface area (TPSA) is 69.7 Å². The average Bonchev–Trinajstić information content (AvgIpc) is 3.49. The minimum absolute atomic E-state index is 0.0190. The lowest BCUT2D eigenvalue weighted by Gasteiger charge is -2.22. The maximum absolute atomic E-state index is 14.0. The summed E-state index contributed by atoms with van der Waals surface area (Å²) >= 11 is 0. The molecule has 0 unspecified atom stereocenters. The van der Waals surface area contributed by atoms with Gasteiger partial charge in [-0.1, -0.05) is 12.1 Å². The Bertz CT molecular complexity index is 1050. The third kappa shape index (κ3) is 5.21. The first-order chi connectivity index (χ1) is 14.1. The minimum atomic E-state index is -3.64. The van der Waals surface area contributed by atoms with Crippen LogP contribution in [0.15, 0.2) is 41.3 Å². The lowest BCUT2D eigenvalue weighted by molar-refractivity contribution is -0.117. The van der Waals surface area contributed by atoms with Crippen LogP contribution in [0.4, 0.5) is 14.5 Å². The van der Waals surface area contributed by atoms with Crippen LogP contribution in [0.1, 0.15) is 24.0 Å². The number of amides is 1. The van der Waals surface area contributed by atoms with Gasteiger partial charge in [-0.3, -0.25) is 9.69 Å². The number of hydrogen-bond acceptors (Lipinski definition) is 4. The molecule has 0 saturated heterocycles. The van der Waals surface area contributed by atoms with Crippen LogP contribution in [0.2, 0.25) is 0 Å². The van der Waals surface area contributed by atoms with E-state index in [0.717, 1.165) is 23.2 Å². The smallest absolute Gasteiger partial charge is 0.242 e. The Morgan fingerprint density at radius 2 is 1.83 bits per heavy atom. The summed E-state index contributed by atoms with van der Waals surface area (Å²) < 4.78 is 53.2. The lowest BCUT2D eigenvalue weighted by Crippen LogP contribution is -2.34. The summed E-state index contributed by atoms with van der Waals surface area (Å²) in [7, 11) is -0.749. The van der Waals surface area contributed by atoms with Crippen LogP contribution in [-0.2, 0) is 21.4 Å². The van der Waals surface area contributed by atoms with Crippen LogP contribution in [0.25, 0.3) is 0 Å². The van der Waals surface area contributed by atoms with Gasteiger partial charge in [0.2, 0.25) is 15.9 Å². The number of carbonyl (C=O) groups excluding carboxylic acids is 1. The first-order valence-electron chi connectivity index (χ1n) is 9.59. The zero-order valence-corrected chi connectivity index (χ0v) is 18.0. The van der Waals surface area contributed by atoms with Crippen molar-refractivity contribution in [3.05, 3.63) is 59.2 Å². The zero-order valence-electron chi connectivity index (χ0n) is 17.2. The highest BCUT2D eigenvalue weighted by Crippen LogP contribution is 2.29. The summed E-state index contributed by atoms with van der Waals surface area (Å²) in [6.45, 7) is 1.90. The van der Waals surface area contributed by atoms with Crippen molar-refractivity contribution in [1.29, 1.82) is 0 Å². The van der Waals surface area contributed by atoms with Gasteiger partial charge in [0.1, 0.15) is 11.6 Å². The molecule has 3 rings (SSSR count). The first kappa shape index (κ1) is 22.3. The van der Waals surface area contributed by atoms with Gasteiger partial charge in [0.05, 0.1) is 11.4 Å². The number of sulfonamides is 1. The largest absolute Gasteiger partial charge is 0.325 e. The summed E-state index contributed by atoms with van der Waals surface area (Å²) in [6.07, 6.45) is 1.82. The summed E-state index contributed by atoms with van der Waals surface area (Å²) in [4.78, 5) is 14.6. The number of nitrogens with one attached hydrogen (secondary N) is 1. The Kier molecular flexibility index (Phi) is 6.54. The maximum atomic E-state index is 14.0. The van der Waals surface area contributed by atoms with Crippen molar-refractivity contribution in [3.8, 4) is 0 Å². The van der Waals surface area contributed by atoms with Crippen LogP contribution in [0.5, 0.6) is 0 Å². The normalized spacial score (nSPS) is 14.4. The van der Waals surface area contributed by atoms with Gasteiger partial charge in [-0.05, 0) is 43.5 Å². The van der Waals surface area contributed by atoms with Gasteiger partial charge in [0, 0.05) is 44.0 Å². The second-order valence-corrected chi connectivity index (χ2v) is 9.81. The quantitative estimate of drug-likeness (QED) is 0.689. The van der Waals surface area contributed by atoms with E-state index in [9.17, 15) is 22.0 Å². The van der Waals surface area contributed by atoms with E-state index in [1.807, 2.05) is 4.90 Å². The third-order valence-electron chi connectivity index (χ3n) is 5.03. The molecule has 0 aromatic heterocycles. The Labute approximate surface area is 175 Å². The molecule has 0 spiro atoms. The molecule has 0 bridgehead atoms. The van der Waals surface area contributed by atoms with E-state index in [1.165, 1.54) is 32.3 Å². The number of carbonyl (C=O) groups is 1. The second kappa shape index (κ2) is 8.79. The standard InChI is InChI=1S/C21H25F2N3O3S/c1-14-4-7-17(11-20(14)30(28,29)25(2)3)24-21(27)13-26(18-8-9-18)12-15-5-6-16(22)10-19(15)23/h4-7,10-11,18H,8-9,12-13H2,1-3H3,(H,24,27). The van der Waals surface area contributed by atoms with Gasteiger partial charge in [0.15, 0.2) is 0 Å². The Morgan fingerprint density at radius 3 is 2.43 bits per heavy atom. The number of nitrogens with zero attached hydrogens (tertiary/aromatic N) is 2. The van der Waals surface area contributed by atoms with Crippen molar-refractivity contribution in [1.82, 2.24) is 9.21 Å². The predicted molar refractivity (Wildman–Crippen MR) is 110 cm³/mol. The van der Waals surface area contributed by atoms with Gasteiger partial charge in [-0.15, -0.1) is 0 Å². The molecule has 162 valence electrons. The molecular formula is C21H25F2N3O3S. The molecule has 6 nitrogen and oxygen atoms in total. The van der Waals surface area contributed by atoms with Crippen molar-refractivity contribution in [3.63, 3.8) is 0 Å². The van der Waals surface area contributed by atoms with Gasteiger partial charge < -0.3 is 5.32 Å². The van der Waals surface area contributed by atoms with Crippen LogP contribution in [-0.4, -0.2) is 50.2 Å². The maximum Gasteiger partial charge on any atom is 0.242 e. The molecule has 1 aliphatic carbocycles. The molecule has 9 heteroatoms. The van der Waals surface area contributed by atoms with E-state index in [-0.39, 0.29) is 29.9 Å². The molecule has 1 fully saturated rings. The fourth-order valence-corrected chi connectivity index (χ4v) is 4.30. The number of benzene rings is 2. The van der Waals surface area contributed by atoms with Crippen molar-refractivity contribution in [2.75, 3.05) is 26.0 Å². The van der Waals surface area contributed by atoms with Gasteiger partial charge in [0.25, 0.3) is 0 Å². The van der Waals surface area contributed by atoms with Gasteiger partial charge in [-0.25, -0.2) is 21.5 Å². The van der Waals surface area contributed by atoms with Crippen LogP contribution in [0, 0.1) is 18.6 Å². The molecule has 0 aliphatic heterocycles. The zero-order chi connectivity index (χ0) is 22.1. The Morgan fingerprint density at radius 1 is 1.13 bits per heavy atom. The van der Waals surface area contributed by atoms with E-state index in [1.54, 1.807) is 19.1 Å². The molecule has 1 N–H and O–H groups in total. The first-order valence-corrected chi connectivity index (χ1v) is 11.0. The number of hydrogen-bond donors (Lipinski definition) is 1. The van der Waals surface area contributed by atoms with Crippen LogP contribution < -0.4 is 5.32 Å². The molecule has 0 heterocycles. The van der Waals surface area contributed by atoms with E-state index < -0.39 is 21.7 Å². The summed E-state index contributed by atoms with van der Waals surface area (Å²) in [5.74, 6) is -1.62. The highest BCUT2D eigenvalue weighted by molar-refractivity contribution is 7.89. The Balaban J connectivity index is 1.72. The average molecular weight is 438 g/mol. The van der Waals surface area contributed by atoms with Gasteiger partial charge in [-0.2, -0.15) is 0 Å². The molecule has 1 saturated carbocycles. The van der Waals surface area contributed by atoms with Crippen molar-refractivity contribution in [2.24, 2.45) is 0 Å². The SMILES string of the molecule is Cc1ccc(NC(=O)CN(Cc2ccc(F)cc2F)C2CC2)cc1S(=O)(=O)N(C)C. The van der Waals surface area contributed by atoms with E-state index in [2.05, 4.69) is 5.32 Å². The fourth-order valence-electron chi connectivity index (χ4n) is 3.16. The highest BCUT2D eigenvalue weighted by Gasteiger charge is 2.31. The van der Waals surface area contributed by atoms with Crippen molar-refractivity contribution >= 4 is 21.6 Å². The highest BCUT2D eigenvalue weighted by atomic mass is 32.2. The molecule has 2 aromatic carbocycles. The lowest BCUT2D eigenvalue weighted by atomic mass is 10.2. The summed E-state index contributed by atoms with van der Waals surface area (Å²) in [6, 6.07) is 8.30. The van der Waals surface area contributed by atoms with Crippen molar-refractivity contribution < 1.29 is 22.0 Å². The Hall–Kier alpha value is -2.36. The van der Waals surface area contributed by atoms with Gasteiger partial charge >= 0.3 is 0 Å². The number of rotatable bonds is 8. The molecular weight excluding hydrogens is 412 g/mol. The fraction of sp³-hybridized carbons (Fsp3) is 0.381. The second-order valence-electron chi connectivity index (χ2n) is 7.69. The monoisotopic (exact) mass is 437 g/mol. The molecule has 1 amide bonds. The van der Waals surface area contributed by atoms with Crippen LogP contribution >= 0.6 is 0 Å². The molecule has 1 aliphatic rings. The van der Waals surface area contributed by atoms with Crippen LogP contribution in [0.3, 0.4) is 0 Å². The van der Waals surface area contributed by atoms with E-state index in [0.29, 0.717) is 16.8 Å².